The molecule has 0 aliphatic heterocycles. The molecule has 0 aromatic heterocycles. The lowest BCUT2D eigenvalue weighted by molar-refractivity contribution is 0.622. The van der Waals surface area contributed by atoms with E-state index >= 15 is 0 Å². The number of nitrogen functional groups attached to an aromatic ring is 1. The molecule has 90 valence electrons. The molecule has 0 saturated carbocycles. The molecule has 0 aliphatic rings. The summed E-state index contributed by atoms with van der Waals surface area (Å²) in [6.07, 6.45) is 3.49. The van der Waals surface area contributed by atoms with E-state index in [4.69, 9.17) is 17.3 Å². The van der Waals surface area contributed by atoms with Crippen molar-refractivity contribution in [2.45, 2.75) is 46.1 Å². The second-order valence-electron chi connectivity index (χ2n) is 4.23. The van der Waals surface area contributed by atoms with Gasteiger partial charge in [0, 0.05) is 11.7 Å². The van der Waals surface area contributed by atoms with Crippen LogP contribution in [0.1, 0.15) is 38.7 Å². The first-order valence-corrected chi connectivity index (χ1v) is 6.28. The van der Waals surface area contributed by atoms with E-state index in [2.05, 4.69) is 19.2 Å². The van der Waals surface area contributed by atoms with Crippen LogP contribution in [0.2, 0.25) is 5.02 Å². The lowest BCUT2D eigenvalue weighted by Gasteiger charge is -2.19. The molecule has 1 rings (SSSR count). The molecule has 0 radical (unpaired) electrons. The fraction of sp³-hybridized carbons (Fsp3) is 0.538. The van der Waals surface area contributed by atoms with Crippen molar-refractivity contribution in [1.82, 2.24) is 0 Å². The molecule has 1 atom stereocenters. The van der Waals surface area contributed by atoms with Gasteiger partial charge in [-0.2, -0.15) is 0 Å². The van der Waals surface area contributed by atoms with E-state index in [1.807, 2.05) is 19.1 Å². The number of halogens is 1. The fourth-order valence-electron chi connectivity index (χ4n) is 1.81. The Kier molecular flexibility index (Phi) is 4.94. The van der Waals surface area contributed by atoms with Gasteiger partial charge >= 0.3 is 0 Å². The van der Waals surface area contributed by atoms with Crippen LogP contribution in [0.25, 0.3) is 0 Å². The van der Waals surface area contributed by atoms with Crippen LogP contribution >= 0.6 is 11.6 Å². The number of benzene rings is 1. The molecule has 0 aliphatic carbocycles. The lowest BCUT2D eigenvalue weighted by Crippen LogP contribution is -2.18. The second-order valence-corrected chi connectivity index (χ2v) is 4.63. The van der Waals surface area contributed by atoms with Crippen LogP contribution in [-0.4, -0.2) is 6.04 Å². The van der Waals surface area contributed by atoms with Crippen LogP contribution in [0, 0.1) is 6.92 Å². The Balaban J connectivity index is 2.83. The summed E-state index contributed by atoms with van der Waals surface area (Å²) >= 11 is 6.02. The maximum absolute atomic E-state index is 6.02. The maximum atomic E-state index is 6.02. The first-order valence-electron chi connectivity index (χ1n) is 5.90. The fourth-order valence-corrected chi connectivity index (χ4v) is 1.97. The monoisotopic (exact) mass is 240 g/mol. The van der Waals surface area contributed by atoms with Crippen LogP contribution < -0.4 is 11.1 Å². The number of nitrogens with two attached hydrogens (primary N) is 1. The molecule has 16 heavy (non-hydrogen) atoms. The molecule has 0 amide bonds. The van der Waals surface area contributed by atoms with E-state index in [1.54, 1.807) is 0 Å². The highest BCUT2D eigenvalue weighted by molar-refractivity contribution is 6.33. The second kappa shape index (κ2) is 6.00. The van der Waals surface area contributed by atoms with Crippen LogP contribution in [0.5, 0.6) is 0 Å². The van der Waals surface area contributed by atoms with Crippen LogP contribution in [0.4, 0.5) is 11.4 Å². The van der Waals surface area contributed by atoms with Crippen LogP contribution in [0.15, 0.2) is 12.1 Å². The lowest BCUT2D eigenvalue weighted by atomic mass is 10.1. The SMILES string of the molecule is CCCC(CC)Nc1cc(Cl)c(N)cc1C. The van der Waals surface area contributed by atoms with Gasteiger partial charge in [-0.1, -0.05) is 31.9 Å². The van der Waals surface area contributed by atoms with E-state index in [0.717, 1.165) is 17.7 Å². The minimum Gasteiger partial charge on any atom is -0.398 e. The van der Waals surface area contributed by atoms with Crippen molar-refractivity contribution in [3.05, 3.63) is 22.7 Å². The highest BCUT2D eigenvalue weighted by Gasteiger charge is 2.08. The molecule has 1 aromatic carbocycles. The Morgan fingerprint density at radius 3 is 2.62 bits per heavy atom. The predicted molar refractivity (Wildman–Crippen MR) is 73.2 cm³/mol. The number of aryl methyl sites for hydroxylation is 1. The zero-order chi connectivity index (χ0) is 12.1. The third-order valence-electron chi connectivity index (χ3n) is 2.83. The van der Waals surface area contributed by atoms with Crippen molar-refractivity contribution in [2.24, 2.45) is 0 Å². The van der Waals surface area contributed by atoms with Gasteiger partial charge in [0.25, 0.3) is 0 Å². The molecule has 3 N–H and O–H groups in total. The van der Waals surface area contributed by atoms with Gasteiger partial charge in [0.1, 0.15) is 0 Å². The molecular formula is C13H21ClN2. The number of hydrogen-bond donors (Lipinski definition) is 2. The molecule has 1 aromatic rings. The summed E-state index contributed by atoms with van der Waals surface area (Å²) in [5, 5.41) is 4.15. The Morgan fingerprint density at radius 2 is 2.06 bits per heavy atom. The average Bonchev–Trinajstić information content (AvgIpc) is 2.25. The number of hydrogen-bond acceptors (Lipinski definition) is 2. The topological polar surface area (TPSA) is 38.0 Å². The molecule has 0 spiro atoms. The highest BCUT2D eigenvalue weighted by Crippen LogP contribution is 2.27. The van der Waals surface area contributed by atoms with Crippen molar-refractivity contribution in [2.75, 3.05) is 11.1 Å². The first-order chi connectivity index (χ1) is 7.58. The third kappa shape index (κ3) is 3.31. The molecular weight excluding hydrogens is 220 g/mol. The van der Waals surface area contributed by atoms with Gasteiger partial charge in [-0.05, 0) is 37.5 Å². The minimum absolute atomic E-state index is 0.517. The van der Waals surface area contributed by atoms with Gasteiger partial charge in [-0.25, -0.2) is 0 Å². The quantitative estimate of drug-likeness (QED) is 0.757. The summed E-state index contributed by atoms with van der Waals surface area (Å²) in [6.45, 7) is 6.45. The van der Waals surface area contributed by atoms with Crippen molar-refractivity contribution in [1.29, 1.82) is 0 Å². The smallest absolute Gasteiger partial charge is 0.0656 e. The number of anilines is 2. The Morgan fingerprint density at radius 1 is 1.38 bits per heavy atom. The Bertz CT molecular complexity index is 350. The zero-order valence-electron chi connectivity index (χ0n) is 10.3. The standard InChI is InChI=1S/C13H21ClN2/c1-4-6-10(5-2)16-13-8-11(14)12(15)7-9(13)3/h7-8,10,16H,4-6,15H2,1-3H3. The predicted octanol–water partition coefficient (Wildman–Crippen LogP) is 4.22. The maximum Gasteiger partial charge on any atom is 0.0656 e. The zero-order valence-corrected chi connectivity index (χ0v) is 11.1. The minimum atomic E-state index is 0.517. The summed E-state index contributed by atoms with van der Waals surface area (Å²) in [5.41, 5.74) is 8.64. The Labute approximate surface area is 103 Å². The van der Waals surface area contributed by atoms with Crippen LogP contribution in [-0.2, 0) is 0 Å². The van der Waals surface area contributed by atoms with Gasteiger partial charge in [0.05, 0.1) is 10.7 Å². The van der Waals surface area contributed by atoms with Crippen molar-refractivity contribution >= 4 is 23.0 Å². The van der Waals surface area contributed by atoms with Crippen molar-refractivity contribution in [3.8, 4) is 0 Å². The van der Waals surface area contributed by atoms with E-state index in [9.17, 15) is 0 Å². The van der Waals surface area contributed by atoms with Gasteiger partial charge in [0.15, 0.2) is 0 Å². The number of nitrogens with one attached hydrogen (secondary N) is 1. The normalized spacial score (nSPS) is 12.5. The van der Waals surface area contributed by atoms with E-state index in [0.29, 0.717) is 16.8 Å². The highest BCUT2D eigenvalue weighted by atomic mass is 35.5. The first kappa shape index (κ1) is 13.2. The van der Waals surface area contributed by atoms with Gasteiger partial charge < -0.3 is 11.1 Å². The van der Waals surface area contributed by atoms with E-state index in [1.165, 1.54) is 12.8 Å². The third-order valence-corrected chi connectivity index (χ3v) is 3.16. The average molecular weight is 241 g/mol. The molecule has 2 nitrogen and oxygen atoms in total. The molecule has 0 heterocycles. The van der Waals surface area contributed by atoms with E-state index in [-0.39, 0.29) is 0 Å². The summed E-state index contributed by atoms with van der Waals surface area (Å²) < 4.78 is 0. The summed E-state index contributed by atoms with van der Waals surface area (Å²) in [7, 11) is 0. The number of rotatable bonds is 5. The van der Waals surface area contributed by atoms with Gasteiger partial charge in [-0.3, -0.25) is 0 Å². The Hall–Kier alpha value is -0.890. The summed E-state index contributed by atoms with van der Waals surface area (Å²) in [6, 6.07) is 4.36. The summed E-state index contributed by atoms with van der Waals surface area (Å²) in [5.74, 6) is 0. The van der Waals surface area contributed by atoms with Gasteiger partial charge in [0.2, 0.25) is 0 Å². The molecule has 0 bridgehead atoms. The largest absolute Gasteiger partial charge is 0.398 e. The van der Waals surface area contributed by atoms with Gasteiger partial charge in [-0.15, -0.1) is 0 Å². The molecule has 0 fully saturated rings. The molecule has 1 unspecified atom stereocenters. The van der Waals surface area contributed by atoms with E-state index < -0.39 is 0 Å². The summed E-state index contributed by atoms with van der Waals surface area (Å²) in [4.78, 5) is 0. The molecule has 3 heteroatoms. The molecule has 0 saturated heterocycles. The van der Waals surface area contributed by atoms with Crippen LogP contribution in [0.3, 0.4) is 0 Å². The van der Waals surface area contributed by atoms with Crippen molar-refractivity contribution in [3.63, 3.8) is 0 Å². The van der Waals surface area contributed by atoms with Crippen molar-refractivity contribution < 1.29 is 0 Å².